The average molecular weight is 524 g/mol. The van der Waals surface area contributed by atoms with Crippen molar-refractivity contribution in [2.45, 2.75) is 33.1 Å². The number of fused-ring (bicyclic) bond motifs is 2. The van der Waals surface area contributed by atoms with Crippen LogP contribution in [-0.4, -0.2) is 22.1 Å². The zero-order valence-corrected chi connectivity index (χ0v) is 19.4. The molecule has 2 heterocycles. The summed E-state index contributed by atoms with van der Waals surface area (Å²) in [5, 5.41) is 12.1. The fourth-order valence-corrected chi connectivity index (χ4v) is 4.89. The van der Waals surface area contributed by atoms with Crippen molar-refractivity contribution in [3.63, 3.8) is 0 Å². The number of rotatable bonds is 5. The molecule has 1 aromatic heterocycles. The Morgan fingerprint density at radius 2 is 2.17 bits per heavy atom. The summed E-state index contributed by atoms with van der Waals surface area (Å²) < 4.78 is 21.2. The molecular weight excluding hydrogens is 502 g/mol. The van der Waals surface area contributed by atoms with Gasteiger partial charge >= 0.3 is 0 Å². The molecule has 0 saturated heterocycles. The number of allylic oxidation sites excluding steroid dienone is 2. The molecular formula is C21H22FIN4OS. The third kappa shape index (κ3) is 4.17. The van der Waals surface area contributed by atoms with Gasteiger partial charge in [-0.25, -0.2) is 9.82 Å². The average Bonchev–Trinajstić information content (AvgIpc) is 3.38. The summed E-state index contributed by atoms with van der Waals surface area (Å²) >= 11 is 2.19. The number of alkyl halides is 1. The lowest BCUT2D eigenvalue weighted by atomic mass is 10.0. The van der Waals surface area contributed by atoms with Crippen LogP contribution in [0.5, 0.6) is 5.75 Å². The predicted octanol–water partition coefficient (Wildman–Crippen LogP) is 5.58. The van der Waals surface area contributed by atoms with Gasteiger partial charge in [0.25, 0.3) is 0 Å². The van der Waals surface area contributed by atoms with Gasteiger partial charge in [0.2, 0.25) is 0 Å². The number of nitriles is 1. The Morgan fingerprint density at radius 3 is 2.83 bits per heavy atom. The van der Waals surface area contributed by atoms with Crippen LogP contribution < -0.4 is 10.2 Å². The number of hydrogen-bond acceptors (Lipinski definition) is 5. The Kier molecular flexibility index (Phi) is 7.27. The van der Waals surface area contributed by atoms with Crippen LogP contribution in [0, 0.1) is 11.3 Å². The van der Waals surface area contributed by atoms with E-state index in [1.54, 1.807) is 13.2 Å². The Balaban J connectivity index is 0.00000117. The molecule has 1 N–H and O–H groups in total. The molecule has 0 radical (unpaired) electrons. The van der Waals surface area contributed by atoms with Crippen LogP contribution >= 0.6 is 30.3 Å². The van der Waals surface area contributed by atoms with Crippen LogP contribution in [0.1, 0.15) is 25.0 Å². The van der Waals surface area contributed by atoms with E-state index in [0.717, 1.165) is 22.0 Å². The van der Waals surface area contributed by atoms with Gasteiger partial charge in [-0.2, -0.15) is 5.26 Å². The molecule has 1 unspecified atom stereocenters. The molecule has 2 aliphatic rings. The Labute approximate surface area is 186 Å². The van der Waals surface area contributed by atoms with Crippen molar-refractivity contribution in [2.75, 3.05) is 7.11 Å². The maximum atomic E-state index is 13.6. The number of methoxy groups -OCH3 is 1. The van der Waals surface area contributed by atoms with E-state index < -0.39 is 6.67 Å². The zero-order valence-electron chi connectivity index (χ0n) is 16.4. The molecule has 0 bridgehead atoms. The summed E-state index contributed by atoms with van der Waals surface area (Å²) in [6.07, 6.45) is 9.67. The maximum absolute atomic E-state index is 13.6. The number of nitrogens with one attached hydrogen (secondary N) is 1. The number of ether oxygens (including phenoxy) is 1. The van der Waals surface area contributed by atoms with Crippen LogP contribution in [0.2, 0.25) is 0 Å². The molecule has 152 valence electrons. The zero-order chi connectivity index (χ0) is 21.0. The van der Waals surface area contributed by atoms with Gasteiger partial charge in [0.1, 0.15) is 12.4 Å². The molecule has 29 heavy (non-hydrogen) atoms. The standard InChI is InChI=1S/C19H16FIN4OS.C2H6/c1-26-18-7-14(8-20)19-15(4-5-25(19)27-21)16(18)11-24-10-13-3-2-12(9-22)6-17(13)23-24;1-2/h2-7,10,17,23H,8,11H2,1H3;1-2H3. The van der Waals surface area contributed by atoms with E-state index in [1.807, 2.05) is 59.5 Å². The molecule has 1 aliphatic heterocycles. The highest BCUT2D eigenvalue weighted by Crippen LogP contribution is 2.37. The number of benzene rings is 1. The van der Waals surface area contributed by atoms with Crippen LogP contribution in [0.15, 0.2) is 53.9 Å². The van der Waals surface area contributed by atoms with Gasteiger partial charge in [0.05, 0.1) is 31.3 Å². The highest BCUT2D eigenvalue weighted by atomic mass is 127. The van der Waals surface area contributed by atoms with E-state index in [0.29, 0.717) is 23.4 Å². The summed E-state index contributed by atoms with van der Waals surface area (Å²) in [7, 11) is 3.12. The second kappa shape index (κ2) is 9.69. The second-order valence-electron chi connectivity index (χ2n) is 6.25. The molecule has 0 saturated carbocycles. The van der Waals surface area contributed by atoms with Crippen molar-refractivity contribution in [1.29, 1.82) is 5.26 Å². The lowest BCUT2D eigenvalue weighted by Gasteiger charge is -2.22. The summed E-state index contributed by atoms with van der Waals surface area (Å²) in [6.45, 7) is 4.01. The fourth-order valence-electron chi connectivity index (χ4n) is 3.51. The predicted molar refractivity (Wildman–Crippen MR) is 125 cm³/mol. The molecule has 1 atom stereocenters. The minimum absolute atomic E-state index is 0.00856. The lowest BCUT2D eigenvalue weighted by molar-refractivity contribution is 0.276. The Morgan fingerprint density at radius 1 is 1.38 bits per heavy atom. The number of halogens is 2. The quantitative estimate of drug-likeness (QED) is 0.518. The summed E-state index contributed by atoms with van der Waals surface area (Å²) in [5.41, 5.74) is 7.63. The molecule has 1 aliphatic carbocycles. The van der Waals surface area contributed by atoms with E-state index >= 15 is 0 Å². The van der Waals surface area contributed by atoms with Gasteiger partial charge in [-0.3, -0.25) is 3.97 Å². The highest BCUT2D eigenvalue weighted by Gasteiger charge is 2.25. The van der Waals surface area contributed by atoms with Crippen LogP contribution in [0.3, 0.4) is 0 Å². The Bertz CT molecular complexity index is 1040. The van der Waals surface area contributed by atoms with Gasteiger partial charge < -0.3 is 9.75 Å². The van der Waals surface area contributed by atoms with E-state index in [-0.39, 0.29) is 6.04 Å². The first-order chi connectivity index (χ1) is 14.2. The van der Waals surface area contributed by atoms with Crippen LogP contribution in [0.25, 0.3) is 10.9 Å². The van der Waals surface area contributed by atoms with Crippen molar-refractivity contribution < 1.29 is 9.13 Å². The summed E-state index contributed by atoms with van der Waals surface area (Å²) in [6, 6.07) is 5.95. The molecule has 2 aromatic rings. The molecule has 0 fully saturated rings. The minimum atomic E-state index is -0.547. The first-order valence-electron chi connectivity index (χ1n) is 9.28. The maximum Gasteiger partial charge on any atom is 0.125 e. The SMILES string of the molecule is CC.COc1cc(CF)c2c(ccn2SI)c1CN1C=C2C=CC(C#N)=CC2N1. The van der Waals surface area contributed by atoms with Crippen LogP contribution in [-0.2, 0) is 13.2 Å². The minimum Gasteiger partial charge on any atom is -0.496 e. The van der Waals surface area contributed by atoms with E-state index in [4.69, 9.17) is 10.00 Å². The summed E-state index contributed by atoms with van der Waals surface area (Å²) in [4.78, 5) is 0. The van der Waals surface area contributed by atoms with E-state index in [2.05, 4.69) is 32.7 Å². The van der Waals surface area contributed by atoms with Gasteiger partial charge in [-0.15, -0.1) is 0 Å². The molecule has 0 amide bonds. The molecule has 5 nitrogen and oxygen atoms in total. The number of nitrogens with zero attached hydrogens (tertiary/aromatic N) is 3. The van der Waals surface area contributed by atoms with Crippen LogP contribution in [0.4, 0.5) is 4.39 Å². The van der Waals surface area contributed by atoms with Crippen molar-refractivity contribution in [1.82, 2.24) is 14.4 Å². The van der Waals surface area contributed by atoms with Crippen molar-refractivity contribution in [3.8, 4) is 11.8 Å². The highest BCUT2D eigenvalue weighted by molar-refractivity contribution is 14.2. The van der Waals surface area contributed by atoms with Gasteiger partial charge in [-0.1, -0.05) is 19.9 Å². The second-order valence-corrected chi connectivity index (χ2v) is 7.97. The summed E-state index contributed by atoms with van der Waals surface area (Å²) in [5.74, 6) is 0.672. The smallest absolute Gasteiger partial charge is 0.125 e. The van der Waals surface area contributed by atoms with E-state index in [9.17, 15) is 4.39 Å². The largest absolute Gasteiger partial charge is 0.496 e. The molecule has 8 heteroatoms. The van der Waals surface area contributed by atoms with Gasteiger partial charge in [-0.05, 0) is 29.9 Å². The number of aromatic nitrogens is 1. The van der Waals surface area contributed by atoms with Crippen molar-refractivity contribution >= 4 is 41.2 Å². The topological polar surface area (TPSA) is 53.2 Å². The van der Waals surface area contributed by atoms with Gasteiger partial charge in [0, 0.05) is 64.8 Å². The van der Waals surface area contributed by atoms with Crippen molar-refractivity contribution in [2.24, 2.45) is 0 Å². The third-order valence-corrected chi connectivity index (χ3v) is 6.48. The first-order valence-corrected chi connectivity index (χ1v) is 12.6. The molecule has 1 aromatic carbocycles. The normalized spacial score (nSPS) is 17.2. The fraction of sp³-hybridized carbons (Fsp3) is 0.286. The number of hydrogen-bond donors (Lipinski definition) is 1. The third-order valence-electron chi connectivity index (χ3n) is 4.75. The molecule has 4 rings (SSSR count). The van der Waals surface area contributed by atoms with Crippen molar-refractivity contribution in [3.05, 3.63) is 65.0 Å². The van der Waals surface area contributed by atoms with Gasteiger partial charge in [0.15, 0.2) is 0 Å². The lowest BCUT2D eigenvalue weighted by Crippen LogP contribution is -2.35. The first kappa shape index (κ1) is 21.7. The molecule has 0 spiro atoms. The van der Waals surface area contributed by atoms with E-state index in [1.165, 1.54) is 9.12 Å². The number of hydrazine groups is 1. The monoisotopic (exact) mass is 524 g/mol. The Hall–Kier alpha value is -1.96.